The minimum absolute atomic E-state index is 0.177. The largest absolute Gasteiger partial charge is 0.466 e. The summed E-state index contributed by atoms with van der Waals surface area (Å²) >= 11 is 0. The quantitative estimate of drug-likeness (QED) is 0.614. The zero-order valence-corrected chi connectivity index (χ0v) is 12.7. The van der Waals surface area contributed by atoms with E-state index in [4.69, 9.17) is 10.5 Å². The molecule has 0 spiro atoms. The summed E-state index contributed by atoms with van der Waals surface area (Å²) in [7, 11) is -3.61. The van der Waals surface area contributed by atoms with Crippen LogP contribution in [0.4, 0.5) is 11.4 Å². The van der Waals surface area contributed by atoms with E-state index in [9.17, 15) is 13.2 Å². The number of hydrogen-bond donors (Lipinski definition) is 2. The van der Waals surface area contributed by atoms with E-state index in [0.29, 0.717) is 16.9 Å². The van der Waals surface area contributed by atoms with Crippen molar-refractivity contribution in [2.24, 2.45) is 0 Å². The predicted molar refractivity (Wildman–Crippen MR) is 79.0 cm³/mol. The fourth-order valence-corrected chi connectivity index (χ4v) is 2.74. The number of rotatable bonds is 6. The third kappa shape index (κ3) is 4.41. The summed E-state index contributed by atoms with van der Waals surface area (Å²) in [6.45, 7) is 5.50. The van der Waals surface area contributed by atoms with E-state index >= 15 is 0 Å². The molecule has 0 aliphatic heterocycles. The van der Waals surface area contributed by atoms with Gasteiger partial charge in [-0.05, 0) is 38.0 Å². The highest BCUT2D eigenvalue weighted by atomic mass is 32.2. The van der Waals surface area contributed by atoms with Crippen molar-refractivity contribution < 1.29 is 17.9 Å². The monoisotopic (exact) mass is 300 g/mol. The molecule has 0 unspecified atom stereocenters. The number of hydrogen-bond acceptors (Lipinski definition) is 5. The van der Waals surface area contributed by atoms with Crippen LogP contribution >= 0.6 is 0 Å². The van der Waals surface area contributed by atoms with Gasteiger partial charge < -0.3 is 10.5 Å². The van der Waals surface area contributed by atoms with E-state index in [-0.39, 0.29) is 18.8 Å². The molecular formula is C13H20N2O4S. The second-order valence-electron chi connectivity index (χ2n) is 4.44. The van der Waals surface area contributed by atoms with E-state index in [2.05, 4.69) is 4.72 Å². The molecule has 0 aliphatic carbocycles. The van der Waals surface area contributed by atoms with Crippen LogP contribution in [0.3, 0.4) is 0 Å². The molecule has 1 aromatic carbocycles. The van der Waals surface area contributed by atoms with Crippen molar-refractivity contribution in [1.82, 2.24) is 0 Å². The van der Waals surface area contributed by atoms with Gasteiger partial charge in [0.15, 0.2) is 0 Å². The summed E-state index contributed by atoms with van der Waals surface area (Å²) in [5.41, 5.74) is 8.39. The third-order valence-electron chi connectivity index (χ3n) is 2.88. The van der Waals surface area contributed by atoms with Gasteiger partial charge in [0.2, 0.25) is 10.0 Å². The van der Waals surface area contributed by atoms with Crippen LogP contribution in [-0.2, 0) is 19.6 Å². The van der Waals surface area contributed by atoms with Crippen LogP contribution in [0.15, 0.2) is 12.1 Å². The van der Waals surface area contributed by atoms with Crippen LogP contribution in [-0.4, -0.2) is 26.7 Å². The number of ether oxygens (including phenoxy) is 1. The molecule has 112 valence electrons. The highest BCUT2D eigenvalue weighted by Crippen LogP contribution is 2.25. The smallest absolute Gasteiger partial charge is 0.306 e. The van der Waals surface area contributed by atoms with E-state index in [0.717, 1.165) is 5.56 Å². The average molecular weight is 300 g/mol. The molecule has 0 amide bonds. The van der Waals surface area contributed by atoms with Gasteiger partial charge in [0.25, 0.3) is 0 Å². The lowest BCUT2D eigenvalue weighted by Crippen LogP contribution is -2.20. The Morgan fingerprint density at radius 3 is 2.60 bits per heavy atom. The van der Waals surface area contributed by atoms with Gasteiger partial charge in [-0.25, -0.2) is 8.42 Å². The molecule has 0 fully saturated rings. The van der Waals surface area contributed by atoms with Crippen molar-refractivity contribution in [1.29, 1.82) is 0 Å². The van der Waals surface area contributed by atoms with Gasteiger partial charge in [-0.1, -0.05) is 6.07 Å². The second-order valence-corrected chi connectivity index (χ2v) is 6.29. The second kappa shape index (κ2) is 6.60. The number of nitrogens with two attached hydrogens (primary N) is 1. The molecule has 0 heterocycles. The molecule has 0 atom stereocenters. The topological polar surface area (TPSA) is 98.5 Å². The lowest BCUT2D eigenvalue weighted by Gasteiger charge is -2.13. The van der Waals surface area contributed by atoms with Crippen molar-refractivity contribution in [3.05, 3.63) is 23.3 Å². The molecule has 20 heavy (non-hydrogen) atoms. The molecular weight excluding hydrogens is 280 g/mol. The van der Waals surface area contributed by atoms with Gasteiger partial charge in [0.1, 0.15) is 0 Å². The molecule has 1 rings (SSSR count). The normalized spacial score (nSPS) is 11.2. The first-order valence-corrected chi connectivity index (χ1v) is 7.94. The lowest BCUT2D eigenvalue weighted by molar-refractivity contribution is -0.142. The van der Waals surface area contributed by atoms with Gasteiger partial charge in [0, 0.05) is 5.69 Å². The molecule has 3 N–H and O–H groups in total. The van der Waals surface area contributed by atoms with Gasteiger partial charge in [-0.15, -0.1) is 0 Å². The predicted octanol–water partition coefficient (Wildman–Crippen LogP) is 1.58. The third-order valence-corrected chi connectivity index (χ3v) is 4.15. The van der Waals surface area contributed by atoms with E-state index in [1.807, 2.05) is 6.92 Å². The molecule has 7 heteroatoms. The summed E-state index contributed by atoms with van der Waals surface area (Å²) in [4.78, 5) is 11.2. The number of nitrogen functional groups attached to an aromatic ring is 1. The van der Waals surface area contributed by atoms with Crippen LogP contribution in [0, 0.1) is 13.8 Å². The van der Waals surface area contributed by atoms with Crippen molar-refractivity contribution in [2.75, 3.05) is 22.8 Å². The molecule has 0 aliphatic rings. The average Bonchev–Trinajstić information content (AvgIpc) is 2.38. The maximum absolute atomic E-state index is 11.9. The molecule has 0 bridgehead atoms. The molecule has 6 nitrogen and oxygen atoms in total. The standard InChI is InChI=1S/C13H20N2O4S/c1-4-19-12(16)7-8-20(17,18)15-11-6-5-9(2)13(14)10(11)3/h5-6,15H,4,7-8,14H2,1-3H3. The van der Waals surface area contributed by atoms with Crippen molar-refractivity contribution in [2.45, 2.75) is 27.2 Å². The molecule has 0 aromatic heterocycles. The maximum atomic E-state index is 11.9. The number of anilines is 2. The zero-order chi connectivity index (χ0) is 15.3. The first-order valence-electron chi connectivity index (χ1n) is 6.28. The summed E-state index contributed by atoms with van der Waals surface area (Å²) in [6, 6.07) is 3.40. The summed E-state index contributed by atoms with van der Waals surface area (Å²) in [5, 5.41) is 0. The zero-order valence-electron chi connectivity index (χ0n) is 11.9. The Hall–Kier alpha value is -1.76. The lowest BCUT2D eigenvalue weighted by atomic mass is 10.1. The van der Waals surface area contributed by atoms with Gasteiger partial charge >= 0.3 is 5.97 Å². The van der Waals surface area contributed by atoms with E-state index < -0.39 is 16.0 Å². The SMILES string of the molecule is CCOC(=O)CCS(=O)(=O)Nc1ccc(C)c(N)c1C. The molecule has 1 aromatic rings. The Kier molecular flexibility index (Phi) is 5.38. The van der Waals surface area contributed by atoms with Crippen LogP contribution in [0.5, 0.6) is 0 Å². The fourth-order valence-electron chi connectivity index (χ4n) is 1.64. The minimum atomic E-state index is -3.61. The Morgan fingerprint density at radius 1 is 1.35 bits per heavy atom. The van der Waals surface area contributed by atoms with Crippen LogP contribution in [0.2, 0.25) is 0 Å². The first-order chi connectivity index (χ1) is 9.26. The first kappa shape index (κ1) is 16.3. The van der Waals surface area contributed by atoms with Crippen molar-refractivity contribution in [3.63, 3.8) is 0 Å². The molecule has 0 saturated carbocycles. The van der Waals surface area contributed by atoms with E-state index in [1.165, 1.54) is 0 Å². The molecule has 0 saturated heterocycles. The number of carbonyl (C=O) groups excluding carboxylic acids is 1. The number of sulfonamides is 1. The summed E-state index contributed by atoms with van der Waals surface area (Å²) in [5.74, 6) is -0.850. The number of benzene rings is 1. The Morgan fingerprint density at radius 2 is 2.00 bits per heavy atom. The highest BCUT2D eigenvalue weighted by Gasteiger charge is 2.16. The van der Waals surface area contributed by atoms with Crippen LogP contribution in [0.1, 0.15) is 24.5 Å². The summed E-state index contributed by atoms with van der Waals surface area (Å²) < 4.78 is 30.9. The van der Waals surface area contributed by atoms with E-state index in [1.54, 1.807) is 26.0 Å². The number of carbonyl (C=O) groups is 1. The maximum Gasteiger partial charge on any atom is 0.306 e. The Labute approximate surface area is 119 Å². The van der Waals surface area contributed by atoms with Crippen LogP contribution in [0.25, 0.3) is 0 Å². The fraction of sp³-hybridized carbons (Fsp3) is 0.462. The number of nitrogens with one attached hydrogen (secondary N) is 1. The highest BCUT2D eigenvalue weighted by molar-refractivity contribution is 7.92. The number of esters is 1. The summed E-state index contributed by atoms with van der Waals surface area (Å²) in [6.07, 6.45) is -0.177. The van der Waals surface area contributed by atoms with Gasteiger partial charge in [-0.2, -0.15) is 0 Å². The van der Waals surface area contributed by atoms with Gasteiger partial charge in [0.05, 0.1) is 24.5 Å². The Balaban J connectivity index is 2.77. The molecule has 0 radical (unpaired) electrons. The Bertz CT molecular complexity index is 597. The van der Waals surface area contributed by atoms with Crippen LogP contribution < -0.4 is 10.5 Å². The van der Waals surface area contributed by atoms with Crippen molar-refractivity contribution in [3.8, 4) is 0 Å². The van der Waals surface area contributed by atoms with Gasteiger partial charge in [-0.3, -0.25) is 9.52 Å². The number of aryl methyl sites for hydroxylation is 1. The minimum Gasteiger partial charge on any atom is -0.466 e. The van der Waals surface area contributed by atoms with Crippen molar-refractivity contribution >= 4 is 27.4 Å².